The lowest BCUT2D eigenvalue weighted by Crippen LogP contribution is -2.06. The van der Waals surface area contributed by atoms with Gasteiger partial charge in [-0.25, -0.2) is 4.39 Å². The van der Waals surface area contributed by atoms with Crippen molar-refractivity contribution in [2.45, 2.75) is 6.42 Å². The summed E-state index contributed by atoms with van der Waals surface area (Å²) in [5.74, 6) is 0.121. The lowest BCUT2D eigenvalue weighted by Gasteiger charge is -2.06. The van der Waals surface area contributed by atoms with Crippen molar-refractivity contribution >= 4 is 32.2 Å². The number of halogens is 2. The Morgan fingerprint density at radius 1 is 1.45 bits per heavy atom. The minimum absolute atomic E-state index is 0.150. The molecule has 0 bridgehead atoms. The first-order valence-electron chi connectivity index (χ1n) is 5.96. The van der Waals surface area contributed by atoms with Crippen LogP contribution in [0.3, 0.4) is 0 Å². The quantitative estimate of drug-likeness (QED) is 0.777. The summed E-state index contributed by atoms with van der Waals surface area (Å²) < 4.78 is 22.0. The highest BCUT2D eigenvalue weighted by Gasteiger charge is 2.16. The average molecular weight is 356 g/mol. The lowest BCUT2D eigenvalue weighted by molar-refractivity contribution is 0.424. The van der Waals surface area contributed by atoms with Gasteiger partial charge in [-0.3, -0.25) is 4.40 Å². The highest BCUT2D eigenvalue weighted by Crippen LogP contribution is 2.30. The number of fused-ring (bicyclic) bond motifs is 1. The summed E-state index contributed by atoms with van der Waals surface area (Å²) in [6, 6.07) is 4.65. The molecule has 104 valence electrons. The molecule has 2 N–H and O–H groups in total. The van der Waals surface area contributed by atoms with Gasteiger partial charge in [0.15, 0.2) is 16.5 Å². The van der Waals surface area contributed by atoms with Crippen molar-refractivity contribution < 1.29 is 9.13 Å². The van der Waals surface area contributed by atoms with Gasteiger partial charge in [-0.15, -0.1) is 11.3 Å². The monoisotopic (exact) mass is 355 g/mol. The Balaban J connectivity index is 2.01. The van der Waals surface area contributed by atoms with E-state index in [-0.39, 0.29) is 5.75 Å². The van der Waals surface area contributed by atoms with Crippen LogP contribution in [0.25, 0.3) is 4.96 Å². The summed E-state index contributed by atoms with van der Waals surface area (Å²) in [5, 5.41) is 1.94. The Morgan fingerprint density at radius 3 is 3.05 bits per heavy atom. The van der Waals surface area contributed by atoms with Crippen molar-refractivity contribution in [2.24, 2.45) is 5.73 Å². The zero-order valence-corrected chi connectivity index (χ0v) is 12.7. The first kappa shape index (κ1) is 13.5. The van der Waals surface area contributed by atoms with E-state index in [0.717, 1.165) is 10.7 Å². The molecule has 0 atom stereocenters. The fourth-order valence-electron chi connectivity index (χ4n) is 1.92. The van der Waals surface area contributed by atoms with Gasteiger partial charge in [0.2, 0.25) is 5.88 Å². The molecule has 0 aliphatic rings. The van der Waals surface area contributed by atoms with Crippen LogP contribution >= 0.6 is 27.3 Å². The third-order valence-electron chi connectivity index (χ3n) is 2.81. The molecule has 2 heterocycles. The van der Waals surface area contributed by atoms with Crippen LogP contribution in [0, 0.1) is 5.82 Å². The minimum atomic E-state index is -0.436. The van der Waals surface area contributed by atoms with E-state index < -0.39 is 5.82 Å². The molecule has 0 aliphatic carbocycles. The topological polar surface area (TPSA) is 52.5 Å². The normalized spacial score (nSPS) is 11.2. The van der Waals surface area contributed by atoms with Crippen LogP contribution in [0.1, 0.15) is 5.69 Å². The summed E-state index contributed by atoms with van der Waals surface area (Å²) in [6.45, 7) is 0.475. The number of aromatic nitrogens is 2. The maximum absolute atomic E-state index is 13.8. The fourth-order valence-corrected chi connectivity index (χ4v) is 2.98. The minimum Gasteiger partial charge on any atom is -0.434 e. The van der Waals surface area contributed by atoms with Gasteiger partial charge in [0.05, 0.1) is 5.69 Å². The maximum Gasteiger partial charge on any atom is 0.242 e. The molecule has 0 saturated carbocycles. The van der Waals surface area contributed by atoms with Crippen molar-refractivity contribution in [3.8, 4) is 11.6 Å². The third kappa shape index (κ3) is 2.44. The largest absolute Gasteiger partial charge is 0.434 e. The van der Waals surface area contributed by atoms with E-state index >= 15 is 0 Å². The van der Waals surface area contributed by atoms with Crippen LogP contribution in [0.5, 0.6) is 11.6 Å². The highest BCUT2D eigenvalue weighted by atomic mass is 79.9. The Morgan fingerprint density at radius 2 is 2.30 bits per heavy atom. The standard InChI is InChI=1S/C13H11BrFN3OS/c14-8-1-2-11(9(15)7-8)19-12-10(3-4-16)18-5-6-20-13(18)17-12/h1-2,5-7H,3-4,16H2. The molecule has 0 radical (unpaired) electrons. The predicted molar refractivity (Wildman–Crippen MR) is 80.0 cm³/mol. The van der Waals surface area contributed by atoms with Crippen LogP contribution in [0.15, 0.2) is 34.2 Å². The second-order valence-electron chi connectivity index (χ2n) is 4.13. The second-order valence-corrected chi connectivity index (χ2v) is 5.92. The molecule has 0 unspecified atom stereocenters. The van der Waals surface area contributed by atoms with Crippen LogP contribution < -0.4 is 10.5 Å². The van der Waals surface area contributed by atoms with E-state index in [4.69, 9.17) is 10.5 Å². The smallest absolute Gasteiger partial charge is 0.242 e. The first-order valence-corrected chi connectivity index (χ1v) is 7.63. The number of nitrogens with two attached hydrogens (primary N) is 1. The summed E-state index contributed by atoms with van der Waals surface area (Å²) in [4.78, 5) is 5.18. The van der Waals surface area contributed by atoms with Crippen LogP contribution in [0.4, 0.5) is 4.39 Å². The number of benzene rings is 1. The van der Waals surface area contributed by atoms with E-state index in [1.54, 1.807) is 12.1 Å². The van der Waals surface area contributed by atoms with E-state index in [2.05, 4.69) is 20.9 Å². The third-order valence-corrected chi connectivity index (χ3v) is 4.06. The van der Waals surface area contributed by atoms with Crippen molar-refractivity contribution in [3.63, 3.8) is 0 Å². The molecule has 0 amide bonds. The summed E-state index contributed by atoms with van der Waals surface area (Å²) in [5.41, 5.74) is 6.47. The Kier molecular flexibility index (Phi) is 3.73. The van der Waals surface area contributed by atoms with Crippen LogP contribution in [-0.2, 0) is 6.42 Å². The van der Waals surface area contributed by atoms with Gasteiger partial charge in [0.25, 0.3) is 0 Å². The van der Waals surface area contributed by atoms with Crippen LogP contribution in [-0.4, -0.2) is 15.9 Å². The molecular weight excluding hydrogens is 345 g/mol. The van der Waals surface area contributed by atoms with E-state index in [1.807, 2.05) is 16.0 Å². The number of nitrogens with zero attached hydrogens (tertiary/aromatic N) is 2. The van der Waals surface area contributed by atoms with Gasteiger partial charge < -0.3 is 10.5 Å². The number of hydrogen-bond acceptors (Lipinski definition) is 4. The van der Waals surface area contributed by atoms with Gasteiger partial charge >= 0.3 is 0 Å². The Labute approximate surface area is 127 Å². The lowest BCUT2D eigenvalue weighted by atomic mass is 10.3. The number of imidazole rings is 1. The van der Waals surface area contributed by atoms with Crippen molar-refractivity contribution in [1.82, 2.24) is 9.38 Å². The van der Waals surface area contributed by atoms with E-state index in [1.165, 1.54) is 17.4 Å². The Bertz CT molecular complexity index is 755. The number of thiazole rings is 1. The number of ether oxygens (including phenoxy) is 1. The molecule has 4 nitrogen and oxygen atoms in total. The molecular formula is C13H11BrFN3OS. The fraction of sp³-hybridized carbons (Fsp3) is 0.154. The number of hydrogen-bond donors (Lipinski definition) is 1. The molecule has 7 heteroatoms. The van der Waals surface area contributed by atoms with E-state index in [9.17, 15) is 4.39 Å². The summed E-state index contributed by atoms with van der Waals surface area (Å²) >= 11 is 4.71. The molecule has 2 aromatic heterocycles. The zero-order valence-electron chi connectivity index (χ0n) is 10.3. The predicted octanol–water partition coefficient (Wildman–Crippen LogP) is 3.59. The van der Waals surface area contributed by atoms with E-state index in [0.29, 0.717) is 23.3 Å². The molecule has 1 aromatic carbocycles. The Hall–Kier alpha value is -1.44. The van der Waals surface area contributed by atoms with Gasteiger partial charge in [-0.2, -0.15) is 4.98 Å². The molecule has 0 fully saturated rings. The first-order chi connectivity index (χ1) is 9.69. The van der Waals surface area contributed by atoms with Gasteiger partial charge in [0.1, 0.15) is 0 Å². The average Bonchev–Trinajstić information content (AvgIpc) is 2.96. The molecule has 0 aliphatic heterocycles. The van der Waals surface area contributed by atoms with Crippen molar-refractivity contribution in [2.75, 3.05) is 6.54 Å². The van der Waals surface area contributed by atoms with Gasteiger partial charge in [-0.1, -0.05) is 15.9 Å². The van der Waals surface area contributed by atoms with Crippen LogP contribution in [0.2, 0.25) is 0 Å². The van der Waals surface area contributed by atoms with Gasteiger partial charge in [0, 0.05) is 22.5 Å². The van der Waals surface area contributed by atoms with Crippen molar-refractivity contribution in [3.05, 3.63) is 45.8 Å². The molecule has 3 aromatic rings. The second kappa shape index (κ2) is 5.51. The summed E-state index contributed by atoms with van der Waals surface area (Å²) in [6.07, 6.45) is 2.52. The molecule has 0 spiro atoms. The molecule has 3 rings (SSSR count). The zero-order chi connectivity index (χ0) is 14.1. The SMILES string of the molecule is NCCc1c(Oc2ccc(Br)cc2F)nc2sccn12. The molecule has 0 saturated heterocycles. The van der Waals surface area contributed by atoms with Gasteiger partial charge in [-0.05, 0) is 24.7 Å². The maximum atomic E-state index is 13.8. The number of rotatable bonds is 4. The van der Waals surface area contributed by atoms with Crippen molar-refractivity contribution in [1.29, 1.82) is 0 Å². The molecule has 20 heavy (non-hydrogen) atoms. The highest BCUT2D eigenvalue weighted by molar-refractivity contribution is 9.10. The summed E-state index contributed by atoms with van der Waals surface area (Å²) in [7, 11) is 0.